The molecule has 2 aromatic carbocycles. The number of nitriles is 1. The summed E-state index contributed by atoms with van der Waals surface area (Å²) >= 11 is 5.91. The fraction of sp³-hybridized carbons (Fsp3) is 0.263. The minimum atomic E-state index is -4.54. The molecule has 1 aliphatic heterocycles. The van der Waals surface area contributed by atoms with Crippen molar-refractivity contribution in [3.8, 4) is 11.8 Å². The van der Waals surface area contributed by atoms with Crippen LogP contribution in [-0.4, -0.2) is 29.6 Å². The van der Waals surface area contributed by atoms with Crippen molar-refractivity contribution < 1.29 is 22.7 Å². The van der Waals surface area contributed by atoms with Crippen LogP contribution in [0.1, 0.15) is 16.7 Å². The summed E-state index contributed by atoms with van der Waals surface area (Å²) in [6.07, 6.45) is -5.41. The molecule has 2 aromatic rings. The lowest BCUT2D eigenvalue weighted by molar-refractivity contribution is -0.166. The molecule has 0 saturated carbocycles. The van der Waals surface area contributed by atoms with Crippen molar-refractivity contribution in [2.24, 2.45) is 0 Å². The van der Waals surface area contributed by atoms with Gasteiger partial charge >= 0.3 is 6.18 Å². The van der Waals surface area contributed by atoms with Crippen LogP contribution >= 0.6 is 11.6 Å². The highest BCUT2D eigenvalue weighted by Gasteiger charge is 2.38. The van der Waals surface area contributed by atoms with Gasteiger partial charge in [0, 0.05) is 18.0 Å². The molecule has 1 unspecified atom stereocenters. The second-order valence-corrected chi connectivity index (χ2v) is 6.62. The van der Waals surface area contributed by atoms with E-state index < -0.39 is 24.7 Å². The molecule has 0 fully saturated rings. The number of hydrogen-bond acceptors (Lipinski definition) is 3. The summed E-state index contributed by atoms with van der Waals surface area (Å²) in [5, 5.41) is 9.28. The highest BCUT2D eigenvalue weighted by molar-refractivity contribution is 6.30. The van der Waals surface area contributed by atoms with E-state index in [1.54, 1.807) is 18.2 Å². The van der Waals surface area contributed by atoms with Crippen molar-refractivity contribution in [2.45, 2.75) is 25.2 Å². The molecule has 4 nitrogen and oxygen atoms in total. The lowest BCUT2D eigenvalue weighted by Crippen LogP contribution is -2.45. The summed E-state index contributed by atoms with van der Waals surface area (Å²) in [4.78, 5) is 13.4. The zero-order valence-corrected chi connectivity index (χ0v) is 14.7. The highest BCUT2D eigenvalue weighted by atomic mass is 35.5. The smallest absolute Gasteiger partial charge is 0.406 e. The van der Waals surface area contributed by atoms with E-state index in [0.717, 1.165) is 4.90 Å². The van der Waals surface area contributed by atoms with Gasteiger partial charge in [-0.2, -0.15) is 18.4 Å². The molecule has 0 radical (unpaired) electrons. The predicted octanol–water partition coefficient (Wildman–Crippen LogP) is 4.11. The standard InChI is InChI=1S/C19H14ClF3N2O2/c20-15-5-6-16-14(7-15)8-17(27-16)18(26)25(11-19(21,22)23)10-13-3-1-12(9-24)2-4-13/h1-7,17H,8,10-11H2. The van der Waals surface area contributed by atoms with Crippen LogP contribution in [0.15, 0.2) is 42.5 Å². The molecule has 0 aromatic heterocycles. The zero-order valence-electron chi connectivity index (χ0n) is 14.0. The molecule has 1 atom stereocenters. The summed E-state index contributed by atoms with van der Waals surface area (Å²) in [7, 11) is 0. The molecule has 0 bridgehead atoms. The van der Waals surface area contributed by atoms with Crippen molar-refractivity contribution in [3.05, 3.63) is 64.2 Å². The van der Waals surface area contributed by atoms with Gasteiger partial charge in [0.2, 0.25) is 0 Å². The molecule has 8 heteroatoms. The van der Waals surface area contributed by atoms with Crippen LogP contribution in [0.5, 0.6) is 5.75 Å². The second-order valence-electron chi connectivity index (χ2n) is 6.18. The van der Waals surface area contributed by atoms with Gasteiger partial charge in [-0.1, -0.05) is 23.7 Å². The SMILES string of the molecule is N#Cc1ccc(CN(CC(F)(F)F)C(=O)C2Cc3cc(Cl)ccc3O2)cc1. The van der Waals surface area contributed by atoms with Crippen LogP contribution in [0.2, 0.25) is 5.02 Å². The van der Waals surface area contributed by atoms with Crippen molar-refractivity contribution >= 4 is 17.5 Å². The van der Waals surface area contributed by atoms with Gasteiger partial charge in [-0.05, 0) is 41.5 Å². The van der Waals surface area contributed by atoms with Gasteiger partial charge in [-0.25, -0.2) is 0 Å². The van der Waals surface area contributed by atoms with Crippen LogP contribution < -0.4 is 4.74 Å². The molecule has 0 N–H and O–H groups in total. The Labute approximate surface area is 158 Å². The van der Waals surface area contributed by atoms with Crippen LogP contribution in [-0.2, 0) is 17.8 Å². The van der Waals surface area contributed by atoms with E-state index in [1.807, 2.05) is 6.07 Å². The molecule has 1 amide bonds. The molecule has 0 spiro atoms. The van der Waals surface area contributed by atoms with E-state index in [4.69, 9.17) is 21.6 Å². The molecule has 0 aliphatic carbocycles. The van der Waals surface area contributed by atoms with Gasteiger partial charge in [0.05, 0.1) is 11.6 Å². The summed E-state index contributed by atoms with van der Waals surface area (Å²) in [6.45, 7) is -1.62. The van der Waals surface area contributed by atoms with Gasteiger partial charge in [0.25, 0.3) is 5.91 Å². The minimum Gasteiger partial charge on any atom is -0.480 e. The van der Waals surface area contributed by atoms with E-state index in [1.165, 1.54) is 24.3 Å². The molecule has 0 saturated heterocycles. The first-order chi connectivity index (χ1) is 12.7. The van der Waals surface area contributed by atoms with Crippen LogP contribution in [0.3, 0.4) is 0 Å². The minimum absolute atomic E-state index is 0.163. The molecule has 1 heterocycles. The summed E-state index contributed by atoms with van der Waals surface area (Å²) in [5.74, 6) is -0.299. The maximum atomic E-state index is 13.0. The average Bonchev–Trinajstić information content (AvgIpc) is 3.03. The van der Waals surface area contributed by atoms with Gasteiger partial charge in [0.15, 0.2) is 6.10 Å². The molecular weight excluding hydrogens is 381 g/mol. The Balaban J connectivity index is 1.78. The monoisotopic (exact) mass is 394 g/mol. The molecular formula is C19H14ClF3N2O2. The topological polar surface area (TPSA) is 53.3 Å². The highest BCUT2D eigenvalue weighted by Crippen LogP contribution is 2.32. The number of fused-ring (bicyclic) bond motifs is 1. The van der Waals surface area contributed by atoms with Gasteiger partial charge in [-0.15, -0.1) is 0 Å². The number of rotatable bonds is 4. The van der Waals surface area contributed by atoms with E-state index >= 15 is 0 Å². The number of nitrogens with zero attached hydrogens (tertiary/aromatic N) is 2. The largest absolute Gasteiger partial charge is 0.480 e. The Morgan fingerprint density at radius 2 is 1.96 bits per heavy atom. The summed E-state index contributed by atoms with van der Waals surface area (Å²) in [5.41, 5.74) is 1.57. The Morgan fingerprint density at radius 3 is 2.59 bits per heavy atom. The number of carbonyl (C=O) groups excluding carboxylic acids is 1. The van der Waals surface area contributed by atoms with Crippen LogP contribution in [0.25, 0.3) is 0 Å². The number of carbonyl (C=O) groups is 1. The fourth-order valence-corrected chi connectivity index (χ4v) is 3.09. The van der Waals surface area contributed by atoms with Gasteiger partial charge in [0.1, 0.15) is 12.3 Å². The molecule has 1 aliphatic rings. The number of halogens is 4. The second kappa shape index (κ2) is 7.49. The quantitative estimate of drug-likeness (QED) is 0.784. The van der Waals surface area contributed by atoms with E-state index in [9.17, 15) is 18.0 Å². The number of amides is 1. The zero-order chi connectivity index (χ0) is 19.6. The van der Waals surface area contributed by atoms with Crippen LogP contribution in [0, 0.1) is 11.3 Å². The number of alkyl halides is 3. The third-order valence-electron chi connectivity index (χ3n) is 4.11. The normalized spacial score (nSPS) is 15.6. The maximum absolute atomic E-state index is 13.0. The summed E-state index contributed by atoms with van der Waals surface area (Å²) < 4.78 is 44.5. The van der Waals surface area contributed by atoms with Crippen molar-refractivity contribution in [2.75, 3.05) is 6.54 Å². The lowest BCUT2D eigenvalue weighted by Gasteiger charge is -2.26. The van der Waals surface area contributed by atoms with Crippen molar-refractivity contribution in [1.29, 1.82) is 5.26 Å². The predicted molar refractivity (Wildman–Crippen MR) is 92.2 cm³/mol. The first-order valence-electron chi connectivity index (χ1n) is 8.05. The molecule has 3 rings (SSSR count). The van der Waals surface area contributed by atoms with Gasteiger partial charge in [-0.3, -0.25) is 4.79 Å². The Kier molecular flexibility index (Phi) is 5.29. The maximum Gasteiger partial charge on any atom is 0.406 e. The summed E-state index contributed by atoms with van der Waals surface area (Å²) in [6, 6.07) is 12.8. The Bertz CT molecular complexity index is 891. The van der Waals surface area contributed by atoms with Crippen LogP contribution in [0.4, 0.5) is 13.2 Å². The number of hydrogen-bond donors (Lipinski definition) is 0. The Hall–Kier alpha value is -2.72. The van der Waals surface area contributed by atoms with Crippen molar-refractivity contribution in [3.63, 3.8) is 0 Å². The third kappa shape index (κ3) is 4.72. The molecule has 27 heavy (non-hydrogen) atoms. The third-order valence-corrected chi connectivity index (χ3v) is 4.35. The number of benzene rings is 2. The lowest BCUT2D eigenvalue weighted by atomic mass is 10.1. The number of ether oxygens (including phenoxy) is 1. The average molecular weight is 395 g/mol. The molecule has 140 valence electrons. The first-order valence-corrected chi connectivity index (χ1v) is 8.42. The van der Waals surface area contributed by atoms with E-state index in [-0.39, 0.29) is 13.0 Å². The van der Waals surface area contributed by atoms with E-state index in [0.29, 0.717) is 27.5 Å². The van der Waals surface area contributed by atoms with E-state index in [2.05, 4.69) is 0 Å². The van der Waals surface area contributed by atoms with Gasteiger partial charge < -0.3 is 9.64 Å². The van der Waals surface area contributed by atoms with Crippen molar-refractivity contribution in [1.82, 2.24) is 4.90 Å². The fourth-order valence-electron chi connectivity index (χ4n) is 2.89. The first kappa shape index (κ1) is 19.1. The Morgan fingerprint density at radius 1 is 1.26 bits per heavy atom.